The molecule has 7 heteroatoms. The molecule has 1 heterocycles. The van der Waals surface area contributed by atoms with Crippen molar-refractivity contribution >= 4 is 33.4 Å². The summed E-state index contributed by atoms with van der Waals surface area (Å²) >= 11 is 3.36. The molecule has 124 valence electrons. The number of rotatable bonds is 3. The van der Waals surface area contributed by atoms with Gasteiger partial charge in [-0.1, -0.05) is 15.9 Å². The molecule has 1 aliphatic rings. The van der Waals surface area contributed by atoms with Gasteiger partial charge in [-0.15, -0.1) is 0 Å². The van der Waals surface area contributed by atoms with Crippen LogP contribution >= 0.6 is 15.9 Å². The lowest BCUT2D eigenvalue weighted by atomic mass is 10.1. The highest BCUT2D eigenvalue weighted by Gasteiger charge is 2.25. The first-order chi connectivity index (χ1) is 11.5. The maximum atomic E-state index is 12.9. The zero-order valence-corrected chi connectivity index (χ0v) is 14.2. The minimum atomic E-state index is -0.371. The van der Waals surface area contributed by atoms with Gasteiger partial charge in [0, 0.05) is 17.6 Å². The smallest absolute Gasteiger partial charge is 0.264 e. The molecule has 0 aromatic heterocycles. The van der Waals surface area contributed by atoms with E-state index in [2.05, 4.69) is 21.2 Å². The minimum absolute atomic E-state index is 0.203. The van der Waals surface area contributed by atoms with Crippen molar-refractivity contribution in [3.05, 3.63) is 58.3 Å². The van der Waals surface area contributed by atoms with E-state index in [1.807, 2.05) is 0 Å². The van der Waals surface area contributed by atoms with Gasteiger partial charge in [-0.2, -0.15) is 0 Å². The zero-order chi connectivity index (χ0) is 17.1. The molecule has 3 rings (SSSR count). The highest BCUT2D eigenvalue weighted by atomic mass is 79.9. The first-order valence-electron chi connectivity index (χ1n) is 7.31. The molecule has 0 atom stereocenters. The molecule has 0 fully saturated rings. The van der Waals surface area contributed by atoms with Gasteiger partial charge in [0.2, 0.25) is 0 Å². The van der Waals surface area contributed by atoms with E-state index in [1.165, 1.54) is 29.2 Å². The fraction of sp³-hybridized carbons (Fsp3) is 0.176. The normalized spacial score (nSPS) is 13.8. The molecule has 0 aliphatic carbocycles. The summed E-state index contributed by atoms with van der Waals surface area (Å²) in [6.45, 7) is 0.500. The van der Waals surface area contributed by atoms with E-state index in [4.69, 9.17) is 4.74 Å². The van der Waals surface area contributed by atoms with Crippen LogP contribution in [-0.4, -0.2) is 31.5 Å². The number of nitrogens with zero attached hydrogens (tertiary/aromatic N) is 1. The number of hydrogen-bond acceptors (Lipinski definition) is 3. The molecular formula is C17H14BrFN2O3. The Morgan fingerprint density at radius 1 is 1.25 bits per heavy atom. The molecule has 0 radical (unpaired) electrons. The Hall–Kier alpha value is -2.41. The third kappa shape index (κ3) is 3.56. The van der Waals surface area contributed by atoms with E-state index in [-0.39, 0.29) is 24.2 Å². The second kappa shape index (κ2) is 7.00. The van der Waals surface area contributed by atoms with Crippen LogP contribution in [0.1, 0.15) is 10.4 Å². The van der Waals surface area contributed by atoms with E-state index in [1.54, 1.807) is 18.2 Å². The molecule has 2 aromatic rings. The van der Waals surface area contributed by atoms with E-state index in [0.717, 1.165) is 4.47 Å². The number of carbonyl (C=O) groups excluding carboxylic acids is 2. The number of benzene rings is 2. The van der Waals surface area contributed by atoms with Gasteiger partial charge >= 0.3 is 0 Å². The highest BCUT2D eigenvalue weighted by molar-refractivity contribution is 9.10. The fourth-order valence-electron chi connectivity index (χ4n) is 2.43. The van der Waals surface area contributed by atoms with Gasteiger partial charge in [0.05, 0.1) is 11.3 Å². The molecular weight excluding hydrogens is 379 g/mol. The standard InChI is InChI=1S/C17H14BrFN2O3/c18-11-1-6-14-15(9-11)21(8-7-20-17(14)23)16(22)10-24-13-4-2-12(19)3-5-13/h1-6,9H,7-8,10H2,(H,20,23). The van der Waals surface area contributed by atoms with Gasteiger partial charge in [-0.3, -0.25) is 9.59 Å². The Bertz CT molecular complexity index is 780. The number of nitrogens with one attached hydrogen (secondary N) is 1. The third-order valence-electron chi connectivity index (χ3n) is 3.59. The number of ether oxygens (including phenoxy) is 1. The largest absolute Gasteiger partial charge is 0.484 e. The molecule has 0 unspecified atom stereocenters. The van der Waals surface area contributed by atoms with Crippen LogP contribution in [0.15, 0.2) is 46.9 Å². The summed E-state index contributed by atoms with van der Waals surface area (Å²) in [5, 5.41) is 2.75. The number of carbonyl (C=O) groups is 2. The Balaban J connectivity index is 1.79. The molecule has 24 heavy (non-hydrogen) atoms. The summed E-state index contributed by atoms with van der Waals surface area (Å²) < 4.78 is 19.1. The summed E-state index contributed by atoms with van der Waals surface area (Å²) in [7, 11) is 0. The van der Waals surface area contributed by atoms with E-state index in [0.29, 0.717) is 30.1 Å². The van der Waals surface area contributed by atoms with Gasteiger partial charge in [0.25, 0.3) is 11.8 Å². The first kappa shape index (κ1) is 16.4. The summed E-state index contributed by atoms with van der Waals surface area (Å²) in [5.74, 6) is -0.463. The Morgan fingerprint density at radius 2 is 2.00 bits per heavy atom. The molecule has 0 saturated heterocycles. The zero-order valence-electron chi connectivity index (χ0n) is 12.6. The van der Waals surface area contributed by atoms with Crippen LogP contribution in [0.25, 0.3) is 0 Å². The average Bonchev–Trinajstić information content (AvgIpc) is 2.73. The molecule has 5 nitrogen and oxygen atoms in total. The lowest BCUT2D eigenvalue weighted by molar-refractivity contribution is -0.120. The molecule has 0 saturated carbocycles. The third-order valence-corrected chi connectivity index (χ3v) is 4.09. The van der Waals surface area contributed by atoms with Crippen molar-refractivity contribution in [1.82, 2.24) is 5.32 Å². The van der Waals surface area contributed by atoms with E-state index >= 15 is 0 Å². The van der Waals surface area contributed by atoms with Crippen LogP contribution in [0.2, 0.25) is 0 Å². The molecule has 2 aromatic carbocycles. The molecule has 2 amide bonds. The summed E-state index contributed by atoms with van der Waals surface area (Å²) in [6, 6.07) is 10.6. The molecule has 1 N–H and O–H groups in total. The molecule has 1 aliphatic heterocycles. The van der Waals surface area contributed by atoms with Crippen molar-refractivity contribution in [2.24, 2.45) is 0 Å². The topological polar surface area (TPSA) is 58.6 Å². The maximum absolute atomic E-state index is 12.9. The number of halogens is 2. The van der Waals surface area contributed by atoms with Gasteiger partial charge in [-0.05, 0) is 42.5 Å². The van der Waals surface area contributed by atoms with Crippen LogP contribution in [0.5, 0.6) is 5.75 Å². The monoisotopic (exact) mass is 392 g/mol. The number of anilines is 1. The van der Waals surface area contributed by atoms with Crippen molar-refractivity contribution in [3.63, 3.8) is 0 Å². The van der Waals surface area contributed by atoms with Crippen molar-refractivity contribution in [3.8, 4) is 5.75 Å². The van der Waals surface area contributed by atoms with Gasteiger partial charge in [-0.25, -0.2) is 4.39 Å². The predicted molar refractivity (Wildman–Crippen MR) is 90.7 cm³/mol. The average molecular weight is 393 g/mol. The van der Waals surface area contributed by atoms with Crippen LogP contribution < -0.4 is 15.0 Å². The van der Waals surface area contributed by atoms with Gasteiger partial charge in [0.15, 0.2) is 6.61 Å². The van der Waals surface area contributed by atoms with Crippen LogP contribution in [-0.2, 0) is 4.79 Å². The Labute approximate surface area is 146 Å². The maximum Gasteiger partial charge on any atom is 0.264 e. The minimum Gasteiger partial charge on any atom is -0.484 e. The second-order valence-electron chi connectivity index (χ2n) is 5.21. The SMILES string of the molecule is O=C1NCCN(C(=O)COc2ccc(F)cc2)c2cc(Br)ccc21. The summed E-state index contributed by atoms with van der Waals surface area (Å²) in [5.41, 5.74) is 0.970. The first-order valence-corrected chi connectivity index (χ1v) is 8.10. The van der Waals surface area contributed by atoms with Crippen LogP contribution in [0, 0.1) is 5.82 Å². The second-order valence-corrected chi connectivity index (χ2v) is 6.12. The Morgan fingerprint density at radius 3 is 2.75 bits per heavy atom. The van der Waals surface area contributed by atoms with Crippen molar-refractivity contribution < 1.29 is 18.7 Å². The lowest BCUT2D eigenvalue weighted by Crippen LogP contribution is -2.38. The lowest BCUT2D eigenvalue weighted by Gasteiger charge is -2.22. The quantitative estimate of drug-likeness (QED) is 0.873. The highest BCUT2D eigenvalue weighted by Crippen LogP contribution is 2.27. The van der Waals surface area contributed by atoms with E-state index in [9.17, 15) is 14.0 Å². The number of hydrogen-bond donors (Lipinski definition) is 1. The van der Waals surface area contributed by atoms with E-state index < -0.39 is 0 Å². The van der Waals surface area contributed by atoms with Crippen molar-refractivity contribution in [2.45, 2.75) is 0 Å². The number of fused-ring (bicyclic) bond motifs is 1. The van der Waals surface area contributed by atoms with Crippen LogP contribution in [0.4, 0.5) is 10.1 Å². The van der Waals surface area contributed by atoms with Crippen molar-refractivity contribution in [2.75, 3.05) is 24.6 Å². The summed E-state index contributed by atoms with van der Waals surface area (Å²) in [4.78, 5) is 26.1. The van der Waals surface area contributed by atoms with Gasteiger partial charge in [0.1, 0.15) is 11.6 Å². The fourth-order valence-corrected chi connectivity index (χ4v) is 2.78. The van der Waals surface area contributed by atoms with Gasteiger partial charge < -0.3 is 15.0 Å². The predicted octanol–water partition coefficient (Wildman–Crippen LogP) is 2.74. The van der Waals surface area contributed by atoms with Crippen LogP contribution in [0.3, 0.4) is 0 Å². The Kier molecular flexibility index (Phi) is 4.80. The number of amides is 2. The molecule has 0 spiro atoms. The summed E-state index contributed by atoms with van der Waals surface area (Å²) in [6.07, 6.45) is 0. The van der Waals surface area contributed by atoms with Crippen molar-refractivity contribution in [1.29, 1.82) is 0 Å². The molecule has 0 bridgehead atoms.